The molecule has 3 rings (SSSR count). The van der Waals surface area contributed by atoms with Crippen LogP contribution < -0.4 is 0 Å². The molecule has 0 unspecified atom stereocenters. The Kier molecular flexibility index (Phi) is 3.88. The lowest BCUT2D eigenvalue weighted by molar-refractivity contribution is -0.287. The molecule has 2 fully saturated rings. The van der Waals surface area contributed by atoms with Crippen LogP contribution in [0, 0.1) is 0 Å². The Labute approximate surface area is 146 Å². The fraction of sp³-hybridized carbons (Fsp3) is 0.889. The summed E-state index contributed by atoms with van der Waals surface area (Å²) in [5, 5.41) is 0.136. The molecular formula is C18H32O5Si. The van der Waals surface area contributed by atoms with Gasteiger partial charge in [0.15, 0.2) is 5.79 Å². The molecule has 0 aromatic heterocycles. The maximum Gasteiger partial charge on any atom is 0.250 e. The van der Waals surface area contributed by atoms with E-state index in [0.29, 0.717) is 6.42 Å². The molecule has 2 saturated heterocycles. The molecule has 5 nitrogen and oxygen atoms in total. The first-order valence-electron chi connectivity index (χ1n) is 8.75. The van der Waals surface area contributed by atoms with Crippen LogP contribution >= 0.6 is 0 Å². The first-order valence-corrected chi connectivity index (χ1v) is 11.7. The van der Waals surface area contributed by atoms with Crippen molar-refractivity contribution < 1.29 is 23.4 Å². The van der Waals surface area contributed by atoms with Crippen LogP contribution in [0.5, 0.6) is 0 Å². The van der Waals surface area contributed by atoms with E-state index in [9.17, 15) is 0 Å². The fourth-order valence-corrected chi connectivity index (χ4v) is 4.71. The van der Waals surface area contributed by atoms with Crippen LogP contribution in [-0.2, 0) is 23.4 Å². The molecule has 2 bridgehead atoms. The van der Waals surface area contributed by atoms with Crippen LogP contribution in [0.25, 0.3) is 0 Å². The molecule has 3 heterocycles. The maximum atomic E-state index is 6.56. The van der Waals surface area contributed by atoms with Crippen molar-refractivity contribution in [2.24, 2.45) is 0 Å². The quantitative estimate of drug-likeness (QED) is 0.717. The van der Waals surface area contributed by atoms with Gasteiger partial charge in [-0.3, -0.25) is 0 Å². The van der Waals surface area contributed by atoms with E-state index >= 15 is 0 Å². The first-order chi connectivity index (χ1) is 10.7. The van der Waals surface area contributed by atoms with Gasteiger partial charge < -0.3 is 23.4 Å². The molecule has 138 valence electrons. The van der Waals surface area contributed by atoms with Gasteiger partial charge >= 0.3 is 0 Å². The van der Waals surface area contributed by atoms with Crippen LogP contribution in [0.3, 0.4) is 0 Å². The number of hydrogen-bond donors (Lipinski definition) is 0. The summed E-state index contributed by atoms with van der Waals surface area (Å²) in [6.07, 6.45) is 2.18. The normalized spacial score (nSPS) is 41.1. The molecule has 0 saturated carbocycles. The van der Waals surface area contributed by atoms with Gasteiger partial charge in [0.05, 0.1) is 5.76 Å². The minimum absolute atomic E-state index is 0.136. The van der Waals surface area contributed by atoms with E-state index in [-0.39, 0.29) is 17.2 Å². The zero-order valence-electron chi connectivity index (χ0n) is 16.5. The van der Waals surface area contributed by atoms with E-state index in [1.807, 2.05) is 19.9 Å². The van der Waals surface area contributed by atoms with Gasteiger partial charge in [-0.25, -0.2) is 0 Å². The summed E-state index contributed by atoms with van der Waals surface area (Å²) in [5.41, 5.74) is -0.513. The number of ether oxygens (including phenoxy) is 4. The van der Waals surface area contributed by atoms with Gasteiger partial charge in [-0.05, 0) is 38.9 Å². The van der Waals surface area contributed by atoms with Gasteiger partial charge in [-0.15, -0.1) is 0 Å². The highest BCUT2D eigenvalue weighted by molar-refractivity contribution is 6.74. The Morgan fingerprint density at radius 2 is 1.71 bits per heavy atom. The topological polar surface area (TPSA) is 46.2 Å². The molecule has 24 heavy (non-hydrogen) atoms. The molecule has 0 spiro atoms. The van der Waals surface area contributed by atoms with Crippen molar-refractivity contribution in [3.63, 3.8) is 0 Å². The van der Waals surface area contributed by atoms with Crippen LogP contribution in [0.2, 0.25) is 18.1 Å². The number of fused-ring (bicyclic) bond motifs is 5. The molecule has 0 amide bonds. The second-order valence-electron chi connectivity index (χ2n) is 9.47. The Morgan fingerprint density at radius 3 is 2.25 bits per heavy atom. The summed E-state index contributed by atoms with van der Waals surface area (Å²) in [7, 11) is -0.272. The third-order valence-electron chi connectivity index (χ3n) is 5.89. The number of hydrogen-bond acceptors (Lipinski definition) is 5. The third-order valence-corrected chi connectivity index (χ3v) is 10.3. The average Bonchev–Trinajstić information content (AvgIpc) is 2.79. The highest BCUT2D eigenvalue weighted by Crippen LogP contribution is 2.55. The molecule has 0 N–H and O–H groups in total. The van der Waals surface area contributed by atoms with Crippen molar-refractivity contribution in [3.05, 3.63) is 11.8 Å². The lowest BCUT2D eigenvalue weighted by atomic mass is 9.94. The van der Waals surface area contributed by atoms with Crippen LogP contribution in [0.4, 0.5) is 0 Å². The first kappa shape index (κ1) is 18.4. The lowest BCUT2D eigenvalue weighted by Gasteiger charge is -2.43. The van der Waals surface area contributed by atoms with Crippen molar-refractivity contribution in [1.82, 2.24) is 0 Å². The molecule has 3 aliphatic heterocycles. The summed E-state index contributed by atoms with van der Waals surface area (Å²) in [4.78, 5) is 0. The highest BCUT2D eigenvalue weighted by Gasteiger charge is 2.69. The van der Waals surface area contributed by atoms with Gasteiger partial charge in [0.2, 0.25) is 14.1 Å². The predicted molar refractivity (Wildman–Crippen MR) is 94.0 cm³/mol. The molecule has 0 aromatic rings. The van der Waals surface area contributed by atoms with E-state index < -0.39 is 25.5 Å². The molecular weight excluding hydrogens is 324 g/mol. The maximum absolute atomic E-state index is 6.56. The smallest absolute Gasteiger partial charge is 0.250 e. The van der Waals surface area contributed by atoms with E-state index in [0.717, 1.165) is 5.76 Å². The summed E-state index contributed by atoms with van der Waals surface area (Å²) in [6.45, 7) is 17.2. The van der Waals surface area contributed by atoms with E-state index in [4.69, 9.17) is 23.4 Å². The van der Waals surface area contributed by atoms with E-state index in [2.05, 4.69) is 40.8 Å². The van der Waals surface area contributed by atoms with Crippen molar-refractivity contribution in [2.75, 3.05) is 7.11 Å². The SMILES string of the molecule is CO[C@@]12C=C(O[Si](C)(C)C(C)(C)C)C[C@@](C)(O1)[C@H]1OC(C)(C)O[C@H]12. The summed E-state index contributed by atoms with van der Waals surface area (Å²) >= 11 is 0. The van der Waals surface area contributed by atoms with Gasteiger partial charge in [-0.1, -0.05) is 20.8 Å². The monoisotopic (exact) mass is 356 g/mol. The van der Waals surface area contributed by atoms with Crippen LogP contribution in [-0.4, -0.2) is 44.8 Å². The molecule has 3 aliphatic rings. The molecule has 0 radical (unpaired) electrons. The van der Waals surface area contributed by atoms with E-state index in [1.165, 1.54) is 0 Å². The highest BCUT2D eigenvalue weighted by atomic mass is 28.4. The molecule has 4 atom stereocenters. The van der Waals surface area contributed by atoms with Gasteiger partial charge in [0, 0.05) is 19.6 Å². The predicted octanol–water partition coefficient (Wildman–Crippen LogP) is 3.95. The minimum atomic E-state index is -1.93. The average molecular weight is 357 g/mol. The van der Waals surface area contributed by atoms with Crippen LogP contribution in [0.1, 0.15) is 48.0 Å². The summed E-state index contributed by atoms with van der Waals surface area (Å²) in [6, 6.07) is 0. The molecule has 6 heteroatoms. The van der Waals surface area contributed by atoms with Gasteiger partial charge in [0.25, 0.3) is 0 Å². The van der Waals surface area contributed by atoms with Gasteiger partial charge in [-0.2, -0.15) is 0 Å². The van der Waals surface area contributed by atoms with Crippen molar-refractivity contribution >= 4 is 8.32 Å². The lowest BCUT2D eigenvalue weighted by Crippen LogP contribution is -2.48. The second kappa shape index (κ2) is 5.07. The molecule has 0 aliphatic carbocycles. The van der Waals surface area contributed by atoms with Crippen molar-refractivity contribution in [1.29, 1.82) is 0 Å². The van der Waals surface area contributed by atoms with Gasteiger partial charge in [0.1, 0.15) is 17.8 Å². The Morgan fingerprint density at radius 1 is 1.12 bits per heavy atom. The standard InChI is InChI=1S/C18H32O5Si/c1-15(2,3)24(8,9)22-12-10-17(6)13-14(21-16(4,5)20-13)18(11-12,19-7)23-17/h11,13-14H,10H2,1-9H3/t13-,14+,17+,18-/m0/s1. The van der Waals surface area contributed by atoms with E-state index in [1.54, 1.807) is 7.11 Å². The molecule has 0 aromatic carbocycles. The third kappa shape index (κ3) is 2.67. The van der Waals surface area contributed by atoms with Crippen LogP contribution in [0.15, 0.2) is 11.8 Å². The second-order valence-corrected chi connectivity index (χ2v) is 14.2. The largest absolute Gasteiger partial charge is 0.546 e. The zero-order chi connectivity index (χ0) is 18.2. The zero-order valence-corrected chi connectivity index (χ0v) is 17.5. The number of rotatable bonds is 3. The van der Waals surface area contributed by atoms with Crippen molar-refractivity contribution in [3.8, 4) is 0 Å². The number of methoxy groups -OCH3 is 1. The Balaban J connectivity index is 1.95. The van der Waals surface area contributed by atoms with Crippen molar-refractivity contribution in [2.45, 2.75) is 95.5 Å². The summed E-state index contributed by atoms with van der Waals surface area (Å²) < 4.78 is 31.0. The Bertz CT molecular complexity index is 564. The summed E-state index contributed by atoms with van der Waals surface area (Å²) in [5.74, 6) is -0.629. The fourth-order valence-electron chi connectivity index (χ4n) is 3.61. The minimum Gasteiger partial charge on any atom is -0.546 e. The Hall–Kier alpha value is -0.403.